The van der Waals surface area contributed by atoms with E-state index in [0.717, 1.165) is 5.56 Å². The molecule has 0 N–H and O–H groups in total. The molecule has 1 aromatic carbocycles. The summed E-state index contributed by atoms with van der Waals surface area (Å²) < 4.78 is 12.6. The molecule has 0 aliphatic rings. The van der Waals surface area contributed by atoms with Crippen molar-refractivity contribution in [1.82, 2.24) is 0 Å². The summed E-state index contributed by atoms with van der Waals surface area (Å²) in [7, 11) is 0. The van der Waals surface area contributed by atoms with E-state index >= 15 is 0 Å². The highest BCUT2D eigenvalue weighted by atomic mass is 19.1. The second-order valence-electron chi connectivity index (χ2n) is 3.36. The van der Waals surface area contributed by atoms with Gasteiger partial charge in [-0.05, 0) is 24.6 Å². The molecule has 0 fully saturated rings. The second-order valence-corrected chi connectivity index (χ2v) is 3.36. The van der Waals surface area contributed by atoms with Crippen LogP contribution < -0.4 is 0 Å². The molecule has 0 atom stereocenters. The summed E-state index contributed by atoms with van der Waals surface area (Å²) in [6.07, 6.45) is 0.320. The molecular weight excluding hydrogens is 179 g/mol. The van der Waals surface area contributed by atoms with E-state index in [4.69, 9.17) is 10.5 Å². The van der Waals surface area contributed by atoms with Crippen LogP contribution in [0.15, 0.2) is 24.3 Å². The molecule has 0 aliphatic carbocycles. The molecule has 0 aromatic heterocycles. The number of rotatable bonds is 2. The fraction of sp³-hybridized carbons (Fsp3) is 0.273. The van der Waals surface area contributed by atoms with Gasteiger partial charge in [-0.25, -0.2) is 4.39 Å². The fourth-order valence-corrected chi connectivity index (χ4v) is 1.11. The molecule has 0 spiro atoms. The van der Waals surface area contributed by atoms with Crippen molar-refractivity contribution in [2.45, 2.75) is 13.3 Å². The van der Waals surface area contributed by atoms with E-state index in [1.165, 1.54) is 12.1 Å². The lowest BCUT2D eigenvalue weighted by atomic mass is 9.87. The predicted molar refractivity (Wildman–Crippen MR) is 49.4 cm³/mol. The zero-order valence-electron chi connectivity index (χ0n) is 7.79. The minimum atomic E-state index is -1.03. The average molecular weight is 188 g/mol. The second kappa shape index (κ2) is 3.89. The van der Waals surface area contributed by atoms with Crippen molar-refractivity contribution < 1.29 is 4.39 Å². The Kier molecular flexibility index (Phi) is 2.84. The molecule has 0 bridgehead atoms. The maximum Gasteiger partial charge on any atom is 0.145 e. The summed E-state index contributed by atoms with van der Waals surface area (Å²) in [6, 6.07) is 9.69. The van der Waals surface area contributed by atoms with Crippen LogP contribution in [0.3, 0.4) is 0 Å². The molecule has 0 saturated carbocycles. The van der Waals surface area contributed by atoms with Gasteiger partial charge in [-0.2, -0.15) is 10.5 Å². The topological polar surface area (TPSA) is 47.6 Å². The maximum atomic E-state index is 12.6. The SMILES string of the molecule is CC(C#N)(C#N)Cc1ccc(F)cc1. The Labute approximate surface area is 82.2 Å². The van der Waals surface area contributed by atoms with Crippen LogP contribution in [0, 0.1) is 33.9 Å². The van der Waals surface area contributed by atoms with Gasteiger partial charge in [0.1, 0.15) is 11.2 Å². The van der Waals surface area contributed by atoms with Gasteiger partial charge in [0.25, 0.3) is 0 Å². The van der Waals surface area contributed by atoms with E-state index in [-0.39, 0.29) is 5.82 Å². The van der Waals surface area contributed by atoms with Gasteiger partial charge >= 0.3 is 0 Å². The third-order valence-electron chi connectivity index (χ3n) is 1.96. The largest absolute Gasteiger partial charge is 0.207 e. The van der Waals surface area contributed by atoms with Crippen LogP contribution in [0.4, 0.5) is 4.39 Å². The van der Waals surface area contributed by atoms with Crippen molar-refractivity contribution in [2.24, 2.45) is 5.41 Å². The van der Waals surface area contributed by atoms with Crippen molar-refractivity contribution in [2.75, 3.05) is 0 Å². The summed E-state index contributed by atoms with van der Waals surface area (Å²) >= 11 is 0. The minimum Gasteiger partial charge on any atom is -0.207 e. The average Bonchev–Trinajstić information content (AvgIpc) is 2.21. The van der Waals surface area contributed by atoms with Gasteiger partial charge in [0.05, 0.1) is 12.1 Å². The molecule has 0 saturated heterocycles. The molecule has 3 heteroatoms. The van der Waals surface area contributed by atoms with Crippen molar-refractivity contribution >= 4 is 0 Å². The minimum absolute atomic E-state index is 0.315. The van der Waals surface area contributed by atoms with Crippen LogP contribution >= 0.6 is 0 Å². The Morgan fingerprint density at radius 1 is 1.21 bits per heavy atom. The molecule has 0 radical (unpaired) electrons. The van der Waals surface area contributed by atoms with E-state index < -0.39 is 5.41 Å². The lowest BCUT2D eigenvalue weighted by molar-refractivity contribution is 0.577. The van der Waals surface area contributed by atoms with E-state index in [1.807, 2.05) is 12.1 Å². The van der Waals surface area contributed by atoms with Crippen molar-refractivity contribution in [1.29, 1.82) is 10.5 Å². The third kappa shape index (κ3) is 2.31. The Morgan fingerprint density at radius 3 is 2.14 bits per heavy atom. The molecule has 0 amide bonds. The first kappa shape index (κ1) is 10.2. The van der Waals surface area contributed by atoms with Crippen LogP contribution in [0.5, 0.6) is 0 Å². The molecule has 0 heterocycles. The summed E-state index contributed by atoms with van der Waals surface area (Å²) in [4.78, 5) is 0. The summed E-state index contributed by atoms with van der Waals surface area (Å²) in [5.74, 6) is -0.315. The zero-order chi connectivity index (χ0) is 10.6. The highest BCUT2D eigenvalue weighted by Gasteiger charge is 2.23. The maximum absolute atomic E-state index is 12.6. The summed E-state index contributed by atoms with van der Waals surface area (Å²) in [5.41, 5.74) is -0.241. The van der Waals surface area contributed by atoms with Crippen molar-refractivity contribution in [3.05, 3.63) is 35.6 Å². The first-order chi connectivity index (χ1) is 6.59. The Bertz CT molecular complexity index is 381. The van der Waals surface area contributed by atoms with Crippen molar-refractivity contribution in [3.8, 4) is 12.1 Å². The van der Waals surface area contributed by atoms with Gasteiger partial charge in [-0.1, -0.05) is 12.1 Å². The molecule has 0 aliphatic heterocycles. The highest BCUT2D eigenvalue weighted by Crippen LogP contribution is 2.20. The van der Waals surface area contributed by atoms with Crippen LogP contribution in [0.2, 0.25) is 0 Å². The number of hydrogen-bond donors (Lipinski definition) is 0. The van der Waals surface area contributed by atoms with E-state index in [0.29, 0.717) is 6.42 Å². The van der Waals surface area contributed by atoms with Crippen LogP contribution in [0.25, 0.3) is 0 Å². The van der Waals surface area contributed by atoms with Gasteiger partial charge in [-0.3, -0.25) is 0 Å². The fourth-order valence-electron chi connectivity index (χ4n) is 1.11. The quantitative estimate of drug-likeness (QED) is 0.715. The Hall–Kier alpha value is -1.87. The van der Waals surface area contributed by atoms with Crippen LogP contribution in [-0.2, 0) is 6.42 Å². The van der Waals surface area contributed by atoms with E-state index in [2.05, 4.69) is 0 Å². The molecule has 0 unspecified atom stereocenters. The molecule has 1 rings (SSSR count). The summed E-state index contributed by atoms with van der Waals surface area (Å²) in [6.45, 7) is 1.57. The molecule has 2 nitrogen and oxygen atoms in total. The monoisotopic (exact) mass is 188 g/mol. The number of nitrogens with zero attached hydrogens (tertiary/aromatic N) is 2. The number of halogens is 1. The number of nitriles is 2. The van der Waals surface area contributed by atoms with Gasteiger partial charge in [0.15, 0.2) is 0 Å². The first-order valence-electron chi connectivity index (χ1n) is 4.16. The number of hydrogen-bond acceptors (Lipinski definition) is 2. The van der Waals surface area contributed by atoms with Gasteiger partial charge in [0, 0.05) is 6.42 Å². The van der Waals surface area contributed by atoms with Gasteiger partial charge in [-0.15, -0.1) is 0 Å². The van der Waals surface area contributed by atoms with Crippen molar-refractivity contribution in [3.63, 3.8) is 0 Å². The standard InChI is InChI=1S/C11H9FN2/c1-11(7-13,8-14)6-9-2-4-10(12)5-3-9/h2-5H,6H2,1H3. The van der Waals surface area contributed by atoms with Crippen LogP contribution in [-0.4, -0.2) is 0 Å². The normalized spacial score (nSPS) is 10.3. The zero-order valence-corrected chi connectivity index (χ0v) is 7.79. The first-order valence-corrected chi connectivity index (χ1v) is 4.16. The van der Waals surface area contributed by atoms with Gasteiger partial charge in [0.2, 0.25) is 0 Å². The highest BCUT2D eigenvalue weighted by molar-refractivity contribution is 5.23. The molecule has 70 valence electrons. The lowest BCUT2D eigenvalue weighted by Crippen LogP contribution is -2.14. The van der Waals surface area contributed by atoms with E-state index in [9.17, 15) is 4.39 Å². The third-order valence-corrected chi connectivity index (χ3v) is 1.96. The Morgan fingerprint density at radius 2 is 1.71 bits per heavy atom. The lowest BCUT2D eigenvalue weighted by Gasteiger charge is -2.11. The van der Waals surface area contributed by atoms with Crippen LogP contribution in [0.1, 0.15) is 12.5 Å². The Balaban J connectivity index is 2.86. The smallest absolute Gasteiger partial charge is 0.145 e. The number of benzene rings is 1. The predicted octanol–water partition coefficient (Wildman–Crippen LogP) is 2.42. The van der Waals surface area contributed by atoms with E-state index in [1.54, 1.807) is 19.1 Å². The molecular formula is C11H9FN2. The molecule has 14 heavy (non-hydrogen) atoms. The summed E-state index contributed by atoms with van der Waals surface area (Å²) in [5, 5.41) is 17.5. The molecule has 1 aromatic rings. The van der Waals surface area contributed by atoms with Gasteiger partial charge < -0.3 is 0 Å².